The van der Waals surface area contributed by atoms with E-state index in [1.54, 1.807) is 12.2 Å². The monoisotopic (exact) mass is 232 g/mol. The van der Waals surface area contributed by atoms with Crippen LogP contribution in [0.25, 0.3) is 6.08 Å². The van der Waals surface area contributed by atoms with Crippen molar-refractivity contribution in [3.8, 4) is 0 Å². The molecule has 0 bridgehead atoms. The van der Waals surface area contributed by atoms with Gasteiger partial charge in [-0.3, -0.25) is 0 Å². The Morgan fingerprint density at radius 3 is 2.47 bits per heavy atom. The van der Waals surface area contributed by atoms with Crippen LogP contribution in [0.15, 0.2) is 49.1 Å². The predicted molar refractivity (Wildman–Crippen MR) is 67.5 cm³/mol. The highest BCUT2D eigenvalue weighted by molar-refractivity contribution is 5.77. The molecule has 0 saturated heterocycles. The predicted octanol–water partition coefficient (Wildman–Crippen LogP) is 2.48. The first-order chi connectivity index (χ1) is 8.08. The smallest absolute Gasteiger partial charge is 0.336 e. The Balaban J connectivity index is 2.67. The Morgan fingerprint density at radius 1 is 1.29 bits per heavy atom. The third-order valence-corrected chi connectivity index (χ3v) is 2.45. The van der Waals surface area contributed by atoms with Crippen molar-refractivity contribution in [3.05, 3.63) is 54.6 Å². The van der Waals surface area contributed by atoms with Crippen LogP contribution in [0.1, 0.15) is 18.4 Å². The molecule has 0 aromatic heterocycles. The lowest BCUT2D eigenvalue weighted by Gasteiger charge is -2.19. The molecule has 0 fully saturated rings. The van der Waals surface area contributed by atoms with Crippen LogP contribution >= 0.6 is 0 Å². The van der Waals surface area contributed by atoms with Crippen LogP contribution in [0.3, 0.4) is 0 Å². The van der Waals surface area contributed by atoms with Gasteiger partial charge in [-0.2, -0.15) is 0 Å². The zero-order valence-corrected chi connectivity index (χ0v) is 9.54. The molecule has 0 heterocycles. The van der Waals surface area contributed by atoms with Gasteiger partial charge in [-0.25, -0.2) is 4.79 Å². The van der Waals surface area contributed by atoms with E-state index in [1.807, 2.05) is 30.3 Å². The second-order valence-corrected chi connectivity index (χ2v) is 3.85. The van der Waals surface area contributed by atoms with Gasteiger partial charge in [0.1, 0.15) is 0 Å². The third-order valence-electron chi connectivity index (χ3n) is 2.45. The van der Waals surface area contributed by atoms with Gasteiger partial charge in [0.2, 0.25) is 0 Å². The summed E-state index contributed by atoms with van der Waals surface area (Å²) in [7, 11) is 0. The fourth-order valence-electron chi connectivity index (χ4n) is 1.45. The Bertz CT molecular complexity index is 409. The largest absolute Gasteiger partial charge is 0.479 e. The number of aliphatic carboxylic acids is 1. The topological polar surface area (TPSA) is 57.5 Å². The summed E-state index contributed by atoms with van der Waals surface area (Å²) in [5.41, 5.74) is -0.786. The van der Waals surface area contributed by atoms with Crippen molar-refractivity contribution in [2.24, 2.45) is 0 Å². The highest BCUT2D eigenvalue weighted by Gasteiger charge is 2.32. The highest BCUT2D eigenvalue weighted by Crippen LogP contribution is 2.18. The van der Waals surface area contributed by atoms with Gasteiger partial charge in [0, 0.05) is 12.8 Å². The van der Waals surface area contributed by atoms with Crippen LogP contribution in [0, 0.1) is 0 Å². The van der Waals surface area contributed by atoms with Gasteiger partial charge in [0.15, 0.2) is 5.60 Å². The van der Waals surface area contributed by atoms with Gasteiger partial charge in [-0.1, -0.05) is 48.6 Å². The van der Waals surface area contributed by atoms with E-state index in [0.717, 1.165) is 5.56 Å². The highest BCUT2D eigenvalue weighted by atomic mass is 16.4. The Hall–Kier alpha value is -1.87. The molecule has 0 saturated carbocycles. The van der Waals surface area contributed by atoms with Crippen molar-refractivity contribution < 1.29 is 15.0 Å². The van der Waals surface area contributed by atoms with Crippen molar-refractivity contribution in [2.75, 3.05) is 0 Å². The molecule has 1 unspecified atom stereocenters. The van der Waals surface area contributed by atoms with E-state index in [9.17, 15) is 9.90 Å². The molecular formula is C14H16O3. The first-order valence-corrected chi connectivity index (χ1v) is 5.37. The summed E-state index contributed by atoms with van der Waals surface area (Å²) in [5, 5.41) is 18.8. The molecule has 0 aliphatic carbocycles. The van der Waals surface area contributed by atoms with Crippen LogP contribution in [0.5, 0.6) is 0 Å². The minimum Gasteiger partial charge on any atom is -0.479 e. The SMILES string of the molecule is C=CCC(O)(CC=Cc1ccccc1)C(=O)O. The fraction of sp³-hybridized carbons (Fsp3) is 0.214. The zero-order chi connectivity index (χ0) is 12.7. The summed E-state index contributed by atoms with van der Waals surface area (Å²) in [5.74, 6) is -1.23. The molecule has 3 nitrogen and oxygen atoms in total. The lowest BCUT2D eigenvalue weighted by atomic mass is 9.95. The first kappa shape index (κ1) is 13.2. The van der Waals surface area contributed by atoms with E-state index in [4.69, 9.17) is 5.11 Å². The summed E-state index contributed by atoms with van der Waals surface area (Å²) in [4.78, 5) is 10.9. The number of rotatable bonds is 6. The number of carboxylic acid groups (broad SMARTS) is 1. The average Bonchev–Trinajstić information content (AvgIpc) is 2.30. The summed E-state index contributed by atoms with van der Waals surface area (Å²) in [6.07, 6.45) is 4.94. The molecule has 17 heavy (non-hydrogen) atoms. The molecule has 2 N–H and O–H groups in total. The van der Waals surface area contributed by atoms with Gasteiger partial charge in [-0.05, 0) is 5.56 Å². The molecule has 0 aliphatic rings. The molecule has 1 aromatic carbocycles. The maximum Gasteiger partial charge on any atom is 0.336 e. The average molecular weight is 232 g/mol. The lowest BCUT2D eigenvalue weighted by molar-refractivity contribution is -0.157. The van der Waals surface area contributed by atoms with Crippen LogP contribution in [-0.4, -0.2) is 21.8 Å². The Kier molecular flexibility index (Phi) is 4.67. The summed E-state index contributed by atoms with van der Waals surface area (Å²) >= 11 is 0. The van der Waals surface area contributed by atoms with E-state index in [0.29, 0.717) is 0 Å². The second kappa shape index (κ2) is 6.01. The fourth-order valence-corrected chi connectivity index (χ4v) is 1.45. The second-order valence-electron chi connectivity index (χ2n) is 3.85. The molecule has 0 radical (unpaired) electrons. The van der Waals surface area contributed by atoms with Gasteiger partial charge in [-0.15, -0.1) is 6.58 Å². The minimum absolute atomic E-state index is 0.0292. The van der Waals surface area contributed by atoms with Crippen LogP contribution in [0.4, 0.5) is 0 Å². The number of carbonyl (C=O) groups is 1. The number of carboxylic acids is 1. The molecule has 3 heteroatoms. The van der Waals surface area contributed by atoms with E-state index in [1.165, 1.54) is 6.08 Å². The standard InChI is InChI=1S/C14H16O3/c1-2-10-14(17,13(15)16)11-6-9-12-7-4-3-5-8-12/h2-9,17H,1,10-11H2,(H,15,16). The molecule has 1 aromatic rings. The summed E-state index contributed by atoms with van der Waals surface area (Å²) in [6, 6.07) is 9.51. The molecule has 0 aliphatic heterocycles. The van der Waals surface area contributed by atoms with Crippen LogP contribution in [0.2, 0.25) is 0 Å². The first-order valence-electron chi connectivity index (χ1n) is 5.37. The van der Waals surface area contributed by atoms with E-state index < -0.39 is 11.6 Å². The van der Waals surface area contributed by atoms with Crippen molar-refractivity contribution in [3.63, 3.8) is 0 Å². The van der Waals surface area contributed by atoms with Gasteiger partial charge < -0.3 is 10.2 Å². The van der Waals surface area contributed by atoms with Crippen LogP contribution in [-0.2, 0) is 4.79 Å². The number of hydrogen-bond acceptors (Lipinski definition) is 2. The summed E-state index contributed by atoms with van der Waals surface area (Å²) in [6.45, 7) is 3.45. The normalized spacial score (nSPS) is 14.4. The van der Waals surface area contributed by atoms with E-state index >= 15 is 0 Å². The number of benzene rings is 1. The van der Waals surface area contributed by atoms with E-state index in [-0.39, 0.29) is 12.8 Å². The molecule has 0 amide bonds. The molecular weight excluding hydrogens is 216 g/mol. The zero-order valence-electron chi connectivity index (χ0n) is 9.54. The van der Waals surface area contributed by atoms with Gasteiger partial charge in [0.25, 0.3) is 0 Å². The summed E-state index contributed by atoms with van der Waals surface area (Å²) < 4.78 is 0. The van der Waals surface area contributed by atoms with Gasteiger partial charge in [0.05, 0.1) is 0 Å². The van der Waals surface area contributed by atoms with E-state index in [2.05, 4.69) is 6.58 Å². The Morgan fingerprint density at radius 2 is 1.94 bits per heavy atom. The molecule has 90 valence electrons. The minimum atomic E-state index is -1.76. The Labute approximate surface area is 101 Å². The van der Waals surface area contributed by atoms with Gasteiger partial charge >= 0.3 is 5.97 Å². The maximum absolute atomic E-state index is 10.9. The quantitative estimate of drug-likeness (QED) is 0.741. The third kappa shape index (κ3) is 3.89. The lowest BCUT2D eigenvalue weighted by Crippen LogP contribution is -2.37. The van der Waals surface area contributed by atoms with Crippen molar-refractivity contribution >= 4 is 12.0 Å². The van der Waals surface area contributed by atoms with Crippen molar-refractivity contribution in [2.45, 2.75) is 18.4 Å². The number of aliphatic hydroxyl groups is 1. The van der Waals surface area contributed by atoms with Crippen LogP contribution < -0.4 is 0 Å². The molecule has 1 atom stereocenters. The van der Waals surface area contributed by atoms with Crippen molar-refractivity contribution in [1.29, 1.82) is 0 Å². The molecule has 1 rings (SSSR count). The number of hydrogen-bond donors (Lipinski definition) is 2. The van der Waals surface area contributed by atoms with Crippen molar-refractivity contribution in [1.82, 2.24) is 0 Å². The molecule has 0 spiro atoms. The maximum atomic E-state index is 10.9.